The van der Waals surface area contributed by atoms with Crippen LogP contribution in [0.15, 0.2) is 0 Å². The predicted molar refractivity (Wildman–Crippen MR) is 65.1 cm³/mol. The molecule has 2 fully saturated rings. The van der Waals surface area contributed by atoms with E-state index in [0.717, 1.165) is 12.0 Å². The van der Waals surface area contributed by atoms with Crippen LogP contribution in [0.2, 0.25) is 0 Å². The molecule has 88 valence electrons. The second-order valence-corrected chi connectivity index (χ2v) is 5.98. The molecule has 0 unspecified atom stereocenters. The molecule has 2 heteroatoms. The molecule has 0 saturated heterocycles. The first-order chi connectivity index (χ1) is 7.12. The van der Waals surface area contributed by atoms with E-state index in [4.69, 9.17) is 0 Å². The molecule has 0 radical (unpaired) electrons. The second kappa shape index (κ2) is 4.42. The van der Waals surface area contributed by atoms with Gasteiger partial charge in [0.05, 0.1) is 0 Å². The minimum absolute atomic E-state index is 0.471. The van der Waals surface area contributed by atoms with Crippen LogP contribution in [0.1, 0.15) is 45.4 Å². The monoisotopic (exact) mass is 210 g/mol. The molecule has 2 aliphatic carbocycles. The summed E-state index contributed by atoms with van der Waals surface area (Å²) in [5.74, 6) is 0.960. The maximum atomic E-state index is 3.77. The number of likely N-dealkylation sites (N-methyl/N-ethyl adjacent to an activating group) is 1. The molecule has 2 nitrogen and oxygen atoms in total. The molecule has 2 rings (SSSR count). The summed E-state index contributed by atoms with van der Waals surface area (Å²) in [6, 6.07) is 0.817. The fourth-order valence-corrected chi connectivity index (χ4v) is 3.22. The largest absolute Gasteiger partial charge is 0.312 e. The summed E-state index contributed by atoms with van der Waals surface area (Å²) >= 11 is 0. The van der Waals surface area contributed by atoms with Crippen molar-refractivity contribution in [3.05, 3.63) is 0 Å². The van der Waals surface area contributed by atoms with Gasteiger partial charge >= 0.3 is 0 Å². The molecule has 15 heavy (non-hydrogen) atoms. The van der Waals surface area contributed by atoms with Gasteiger partial charge in [0.1, 0.15) is 0 Å². The standard InChI is InChI=1S/C13H26N2/c1-11-8-12(9-11)14-10-13(15(2)3)6-4-5-7-13/h11-12,14H,4-10H2,1-3H3. The molecule has 2 saturated carbocycles. The van der Waals surface area contributed by atoms with E-state index in [1.54, 1.807) is 0 Å². The Morgan fingerprint density at radius 2 is 1.80 bits per heavy atom. The van der Waals surface area contributed by atoms with E-state index in [9.17, 15) is 0 Å². The maximum absolute atomic E-state index is 3.77. The zero-order valence-corrected chi connectivity index (χ0v) is 10.6. The minimum atomic E-state index is 0.471. The third-order valence-corrected chi connectivity index (χ3v) is 4.58. The second-order valence-electron chi connectivity index (χ2n) is 5.98. The zero-order chi connectivity index (χ0) is 10.9. The van der Waals surface area contributed by atoms with Crippen molar-refractivity contribution >= 4 is 0 Å². The molecule has 2 aliphatic rings. The van der Waals surface area contributed by atoms with Crippen molar-refractivity contribution in [3.63, 3.8) is 0 Å². The lowest BCUT2D eigenvalue weighted by Crippen LogP contribution is -2.53. The van der Waals surface area contributed by atoms with Crippen LogP contribution in [0, 0.1) is 5.92 Å². The maximum Gasteiger partial charge on any atom is 0.0327 e. The zero-order valence-electron chi connectivity index (χ0n) is 10.6. The van der Waals surface area contributed by atoms with Crippen molar-refractivity contribution in [2.24, 2.45) is 5.92 Å². The van der Waals surface area contributed by atoms with Crippen molar-refractivity contribution in [2.45, 2.75) is 57.0 Å². The molecule has 0 amide bonds. The van der Waals surface area contributed by atoms with Crippen molar-refractivity contribution in [1.29, 1.82) is 0 Å². The molecule has 0 spiro atoms. The van der Waals surface area contributed by atoms with E-state index >= 15 is 0 Å². The molecule has 0 aromatic carbocycles. The van der Waals surface area contributed by atoms with Crippen molar-refractivity contribution in [3.8, 4) is 0 Å². The van der Waals surface area contributed by atoms with E-state index in [1.165, 1.54) is 45.1 Å². The molecule has 0 aliphatic heterocycles. The van der Waals surface area contributed by atoms with Gasteiger partial charge in [0, 0.05) is 18.1 Å². The highest BCUT2D eigenvalue weighted by Gasteiger charge is 2.37. The number of nitrogens with one attached hydrogen (secondary N) is 1. The summed E-state index contributed by atoms with van der Waals surface area (Å²) < 4.78 is 0. The van der Waals surface area contributed by atoms with Crippen LogP contribution in [0.5, 0.6) is 0 Å². The van der Waals surface area contributed by atoms with Crippen LogP contribution in [0.25, 0.3) is 0 Å². The summed E-state index contributed by atoms with van der Waals surface area (Å²) in [6.07, 6.45) is 8.39. The molecule has 1 N–H and O–H groups in total. The molecule has 0 atom stereocenters. The first-order valence-corrected chi connectivity index (χ1v) is 6.53. The summed E-state index contributed by atoms with van der Waals surface area (Å²) in [5.41, 5.74) is 0.471. The van der Waals surface area contributed by atoms with Gasteiger partial charge in [-0.05, 0) is 45.7 Å². The third-order valence-electron chi connectivity index (χ3n) is 4.58. The molecular formula is C13H26N2. The Morgan fingerprint density at radius 1 is 1.20 bits per heavy atom. The highest BCUT2D eigenvalue weighted by molar-refractivity contribution is 4.96. The van der Waals surface area contributed by atoms with Crippen LogP contribution in [0.4, 0.5) is 0 Å². The average Bonchev–Trinajstić information content (AvgIpc) is 2.60. The van der Waals surface area contributed by atoms with Gasteiger partial charge in [-0.2, -0.15) is 0 Å². The van der Waals surface area contributed by atoms with E-state index in [2.05, 4.69) is 31.2 Å². The van der Waals surface area contributed by atoms with E-state index < -0.39 is 0 Å². The Labute approximate surface area is 94.4 Å². The van der Waals surface area contributed by atoms with Crippen LogP contribution < -0.4 is 5.32 Å². The number of hydrogen-bond acceptors (Lipinski definition) is 2. The lowest BCUT2D eigenvalue weighted by atomic mass is 9.81. The number of hydrogen-bond donors (Lipinski definition) is 1. The van der Waals surface area contributed by atoms with Gasteiger partial charge in [-0.15, -0.1) is 0 Å². The molecule has 0 bridgehead atoms. The van der Waals surface area contributed by atoms with Crippen LogP contribution in [-0.4, -0.2) is 37.1 Å². The summed E-state index contributed by atoms with van der Waals surface area (Å²) in [5, 5.41) is 3.77. The fourth-order valence-electron chi connectivity index (χ4n) is 3.22. The lowest BCUT2D eigenvalue weighted by Gasteiger charge is -2.41. The molecule has 0 heterocycles. The Bertz CT molecular complexity index is 201. The van der Waals surface area contributed by atoms with Gasteiger partial charge in [0.15, 0.2) is 0 Å². The van der Waals surface area contributed by atoms with E-state index in [0.29, 0.717) is 5.54 Å². The van der Waals surface area contributed by atoms with Gasteiger partial charge < -0.3 is 10.2 Å². The van der Waals surface area contributed by atoms with Gasteiger partial charge in [-0.1, -0.05) is 19.8 Å². The molecular weight excluding hydrogens is 184 g/mol. The van der Waals surface area contributed by atoms with E-state index in [1.807, 2.05) is 0 Å². The van der Waals surface area contributed by atoms with Gasteiger partial charge in [-0.3, -0.25) is 0 Å². The summed E-state index contributed by atoms with van der Waals surface area (Å²) in [7, 11) is 4.49. The molecule has 0 aromatic heterocycles. The van der Waals surface area contributed by atoms with Gasteiger partial charge in [0.25, 0.3) is 0 Å². The topological polar surface area (TPSA) is 15.3 Å². The van der Waals surface area contributed by atoms with Crippen molar-refractivity contribution in [1.82, 2.24) is 10.2 Å². The predicted octanol–water partition coefficient (Wildman–Crippen LogP) is 2.25. The minimum Gasteiger partial charge on any atom is -0.312 e. The Hall–Kier alpha value is -0.0800. The first-order valence-electron chi connectivity index (χ1n) is 6.53. The SMILES string of the molecule is CC1CC(NCC2(N(C)C)CCCC2)C1. The van der Waals surface area contributed by atoms with E-state index in [-0.39, 0.29) is 0 Å². The summed E-state index contributed by atoms with van der Waals surface area (Å²) in [6.45, 7) is 3.56. The Morgan fingerprint density at radius 3 is 2.27 bits per heavy atom. The lowest BCUT2D eigenvalue weighted by molar-refractivity contribution is 0.132. The highest BCUT2D eigenvalue weighted by Crippen LogP contribution is 2.34. The smallest absolute Gasteiger partial charge is 0.0327 e. The first kappa shape index (κ1) is 11.4. The Kier molecular flexibility index (Phi) is 3.36. The van der Waals surface area contributed by atoms with Gasteiger partial charge in [0.2, 0.25) is 0 Å². The third kappa shape index (κ3) is 2.36. The fraction of sp³-hybridized carbons (Fsp3) is 1.00. The normalized spacial score (nSPS) is 34.4. The van der Waals surface area contributed by atoms with Crippen LogP contribution in [0.3, 0.4) is 0 Å². The van der Waals surface area contributed by atoms with Gasteiger partial charge in [-0.25, -0.2) is 0 Å². The van der Waals surface area contributed by atoms with Crippen molar-refractivity contribution < 1.29 is 0 Å². The quantitative estimate of drug-likeness (QED) is 0.765. The summed E-state index contributed by atoms with van der Waals surface area (Å²) in [4.78, 5) is 2.45. The van der Waals surface area contributed by atoms with Crippen LogP contribution in [-0.2, 0) is 0 Å². The number of rotatable bonds is 4. The van der Waals surface area contributed by atoms with Crippen LogP contribution >= 0.6 is 0 Å². The molecule has 0 aromatic rings. The number of nitrogens with zero attached hydrogens (tertiary/aromatic N) is 1. The Balaban J connectivity index is 1.80. The van der Waals surface area contributed by atoms with Crippen molar-refractivity contribution in [2.75, 3.05) is 20.6 Å². The highest BCUT2D eigenvalue weighted by atomic mass is 15.2. The average molecular weight is 210 g/mol.